The molecule has 0 bridgehead atoms. The molecule has 6 rings (SSSR count). The van der Waals surface area contributed by atoms with Crippen LogP contribution < -0.4 is 16.4 Å². The SMILES string of the molecule is COC1CC2CCC(=O)C(C(O)CCCCC3C[NH2+]C4CC(=O)CCC4C3)C#CC(CCC(O)C(CCC(C)C)C(C=CC3CCCCC3)C3CC[NH2+]C(N)C3)C2CC1O. The van der Waals surface area contributed by atoms with Gasteiger partial charge in [0.25, 0.3) is 0 Å². The van der Waals surface area contributed by atoms with Gasteiger partial charge in [-0.15, -0.1) is 0 Å². The molecule has 9 heteroatoms. The first-order valence-corrected chi connectivity index (χ1v) is 25.2. The van der Waals surface area contributed by atoms with Crippen LogP contribution in [0.5, 0.6) is 0 Å². The van der Waals surface area contributed by atoms with E-state index in [1.54, 1.807) is 7.11 Å². The molecule has 2 aliphatic heterocycles. The zero-order valence-corrected chi connectivity index (χ0v) is 37.9. The molecule has 15 unspecified atom stereocenters. The Hall–Kier alpha value is -1.64. The standard InChI is InChI=1S/C51H85N3O6/c1-33(2)13-20-42(41(38-25-26-53-51(52)29-38)21-14-34-9-5-4-6-10-34)47(57)23-17-36-16-22-43(48(58)24-18-37-28-50(60-3)49(59)31-44(36)37)46(56)12-8-7-11-35-27-39-15-19-40(55)30-45(39)54-32-35/h14,21,33-39,41-47,49-51,53-54,56-57,59H,4-13,15,17-20,23-32,52H2,1-3H3/p+2. The van der Waals surface area contributed by atoms with Crippen LogP contribution in [0.15, 0.2) is 12.2 Å². The van der Waals surface area contributed by atoms with Gasteiger partial charge in [-0.05, 0) is 118 Å². The number of hydrogen-bond acceptors (Lipinski definition) is 7. The van der Waals surface area contributed by atoms with Gasteiger partial charge in [0.15, 0.2) is 0 Å². The lowest BCUT2D eigenvalue weighted by Gasteiger charge is -2.42. The van der Waals surface area contributed by atoms with Crippen LogP contribution in [0.1, 0.15) is 162 Å². The van der Waals surface area contributed by atoms with E-state index in [1.807, 2.05) is 0 Å². The van der Waals surface area contributed by atoms with Gasteiger partial charge < -0.3 is 30.7 Å². The van der Waals surface area contributed by atoms with E-state index >= 15 is 0 Å². The average Bonchev–Trinajstić information content (AvgIpc) is 3.30. The maximum absolute atomic E-state index is 13.9. The van der Waals surface area contributed by atoms with Gasteiger partial charge in [-0.3, -0.25) is 15.3 Å². The number of carbonyl (C=O) groups excluding carboxylic acids is 2. The first-order valence-electron chi connectivity index (χ1n) is 25.2. The van der Waals surface area contributed by atoms with Gasteiger partial charge in [0.2, 0.25) is 0 Å². The smallest absolute Gasteiger partial charge is 0.150 e. The molecule has 0 aromatic heterocycles. The number of nitrogens with two attached hydrogens (primary N) is 3. The van der Waals surface area contributed by atoms with Crippen molar-refractivity contribution in [2.24, 2.45) is 70.8 Å². The van der Waals surface area contributed by atoms with Crippen LogP contribution in [0.3, 0.4) is 0 Å². The molecule has 0 amide bonds. The minimum Gasteiger partial charge on any atom is -0.393 e. The van der Waals surface area contributed by atoms with Gasteiger partial charge in [-0.1, -0.05) is 76.4 Å². The van der Waals surface area contributed by atoms with E-state index in [-0.39, 0.29) is 47.6 Å². The topological polar surface area (TPSA) is 163 Å². The number of unbranched alkanes of at least 4 members (excludes halogenated alkanes) is 1. The molecule has 5 fully saturated rings. The average molecular weight is 838 g/mol. The summed E-state index contributed by atoms with van der Waals surface area (Å²) in [6.45, 7) is 6.70. The van der Waals surface area contributed by atoms with Crippen LogP contribution in [-0.2, 0) is 14.3 Å². The number of rotatable bonds is 18. The number of carbonyl (C=O) groups is 2. The van der Waals surface area contributed by atoms with Crippen LogP contribution in [0.25, 0.3) is 0 Å². The second-order valence-electron chi connectivity index (χ2n) is 21.4. The molecule has 4 aliphatic carbocycles. The Morgan fingerprint density at radius 3 is 2.43 bits per heavy atom. The van der Waals surface area contributed by atoms with Crippen molar-refractivity contribution in [3.63, 3.8) is 0 Å². The van der Waals surface area contributed by atoms with Crippen LogP contribution >= 0.6 is 0 Å². The molecule has 0 radical (unpaired) electrons. The van der Waals surface area contributed by atoms with E-state index in [0.29, 0.717) is 86.4 Å². The monoisotopic (exact) mass is 838 g/mol. The Morgan fingerprint density at radius 2 is 1.67 bits per heavy atom. The van der Waals surface area contributed by atoms with Gasteiger partial charge in [0.05, 0.1) is 50.0 Å². The molecule has 6 aliphatic rings. The van der Waals surface area contributed by atoms with Gasteiger partial charge in [0.1, 0.15) is 23.7 Å². The first-order chi connectivity index (χ1) is 29.0. The fraction of sp³-hybridized carbons (Fsp3) is 0.882. The number of fused-ring (bicyclic) bond motifs is 2. The fourth-order valence-corrected chi connectivity index (χ4v) is 13.0. The van der Waals surface area contributed by atoms with Gasteiger partial charge in [-0.25, -0.2) is 0 Å². The predicted octanol–water partition coefficient (Wildman–Crippen LogP) is 5.43. The van der Waals surface area contributed by atoms with E-state index in [9.17, 15) is 24.9 Å². The summed E-state index contributed by atoms with van der Waals surface area (Å²) in [6, 6.07) is 0.480. The zero-order chi connectivity index (χ0) is 42.6. The number of Topliss-reactive ketones (excluding diaryl/α,β-unsaturated/α-hetero) is 2. The number of quaternary nitrogens is 2. The molecule has 0 spiro atoms. The molecule has 60 heavy (non-hydrogen) atoms. The van der Waals surface area contributed by atoms with Crippen molar-refractivity contribution >= 4 is 11.6 Å². The van der Waals surface area contributed by atoms with E-state index in [4.69, 9.17) is 10.5 Å². The number of aliphatic hydroxyl groups is 3. The van der Waals surface area contributed by atoms with Crippen molar-refractivity contribution in [1.29, 1.82) is 0 Å². The second kappa shape index (κ2) is 23.9. The Bertz CT molecular complexity index is 1420. The Labute approximate surface area is 364 Å². The molecular formula is C51H87N3O6+2. The number of methoxy groups -OCH3 is 1. The Balaban J connectivity index is 1.15. The molecule has 9 nitrogen and oxygen atoms in total. The minimum absolute atomic E-state index is 0.0403. The lowest BCUT2D eigenvalue weighted by atomic mass is 9.67. The third-order valence-corrected chi connectivity index (χ3v) is 16.7. The highest BCUT2D eigenvalue weighted by Crippen LogP contribution is 2.43. The molecule has 2 heterocycles. The highest BCUT2D eigenvalue weighted by Gasteiger charge is 2.43. The molecule has 15 atom stereocenters. The van der Waals surface area contributed by atoms with Crippen molar-refractivity contribution in [1.82, 2.24) is 0 Å². The maximum Gasteiger partial charge on any atom is 0.150 e. The van der Waals surface area contributed by atoms with E-state index in [2.05, 4.69) is 48.5 Å². The molecule has 0 aromatic rings. The molecule has 3 saturated carbocycles. The van der Waals surface area contributed by atoms with Gasteiger partial charge >= 0.3 is 0 Å². The summed E-state index contributed by atoms with van der Waals surface area (Å²) < 4.78 is 5.76. The first kappa shape index (κ1) is 47.8. The van der Waals surface area contributed by atoms with Crippen molar-refractivity contribution in [3.8, 4) is 11.8 Å². The summed E-state index contributed by atoms with van der Waals surface area (Å²) in [5, 5.41) is 40.0. The molecule has 0 aromatic carbocycles. The van der Waals surface area contributed by atoms with Gasteiger partial charge in [0, 0.05) is 50.5 Å². The van der Waals surface area contributed by atoms with E-state index < -0.39 is 24.2 Å². The van der Waals surface area contributed by atoms with Crippen molar-refractivity contribution < 1.29 is 40.3 Å². The Kier molecular flexibility index (Phi) is 19.0. The number of aliphatic hydroxyl groups excluding tert-OH is 3. The summed E-state index contributed by atoms with van der Waals surface area (Å²) in [6.07, 6.45) is 24.7. The highest BCUT2D eigenvalue weighted by molar-refractivity contribution is 5.84. The third-order valence-electron chi connectivity index (χ3n) is 16.7. The molecule has 2 saturated heterocycles. The van der Waals surface area contributed by atoms with E-state index in [0.717, 1.165) is 77.3 Å². The predicted molar refractivity (Wildman–Crippen MR) is 237 cm³/mol. The van der Waals surface area contributed by atoms with Crippen LogP contribution in [-0.4, -0.2) is 83.7 Å². The lowest BCUT2D eigenvalue weighted by Crippen LogP contribution is -2.95. The number of ether oxygens (including phenoxy) is 1. The van der Waals surface area contributed by atoms with Crippen molar-refractivity contribution in [3.05, 3.63) is 12.2 Å². The van der Waals surface area contributed by atoms with Crippen molar-refractivity contribution in [2.75, 3.05) is 20.2 Å². The second-order valence-corrected chi connectivity index (χ2v) is 21.4. The minimum atomic E-state index is -0.795. The number of ketones is 2. The molecule has 9 N–H and O–H groups in total. The largest absolute Gasteiger partial charge is 0.393 e. The summed E-state index contributed by atoms with van der Waals surface area (Å²) in [7, 11) is 1.67. The zero-order valence-electron chi connectivity index (χ0n) is 37.9. The van der Waals surface area contributed by atoms with Crippen LogP contribution in [0.2, 0.25) is 0 Å². The summed E-state index contributed by atoms with van der Waals surface area (Å²) in [5.41, 5.74) is 6.58. The van der Waals surface area contributed by atoms with Gasteiger partial charge in [-0.2, -0.15) is 0 Å². The van der Waals surface area contributed by atoms with Crippen molar-refractivity contribution in [2.45, 2.75) is 198 Å². The quantitative estimate of drug-likeness (QED) is 0.0609. The lowest BCUT2D eigenvalue weighted by molar-refractivity contribution is -0.711. The fourth-order valence-electron chi connectivity index (χ4n) is 13.0. The van der Waals surface area contributed by atoms with E-state index in [1.165, 1.54) is 38.5 Å². The normalized spacial score (nSPS) is 36.6. The Morgan fingerprint density at radius 1 is 0.867 bits per heavy atom. The highest BCUT2D eigenvalue weighted by atomic mass is 16.5. The number of allylic oxidation sites excluding steroid dienone is 2. The third kappa shape index (κ3) is 13.7. The van der Waals surface area contributed by atoms with Crippen LogP contribution in [0.4, 0.5) is 0 Å². The maximum atomic E-state index is 13.9. The summed E-state index contributed by atoms with van der Waals surface area (Å²) in [5.74, 6) is 10.3. The summed E-state index contributed by atoms with van der Waals surface area (Å²) >= 11 is 0. The number of piperidine rings is 2. The molecule has 340 valence electrons. The number of hydrogen-bond donors (Lipinski definition) is 6. The van der Waals surface area contributed by atoms with Crippen LogP contribution in [0, 0.1) is 76.9 Å². The molecular weight excluding hydrogens is 751 g/mol. The summed E-state index contributed by atoms with van der Waals surface area (Å²) in [4.78, 5) is 25.8.